The molecule has 2 N–H and O–H groups in total. The van der Waals surface area contributed by atoms with Gasteiger partial charge in [0.15, 0.2) is 0 Å². The van der Waals surface area contributed by atoms with Crippen LogP contribution in [0.1, 0.15) is 42.0 Å². The highest BCUT2D eigenvalue weighted by Crippen LogP contribution is 2.30. The molecule has 2 atom stereocenters. The molecular formula is C14H18FNO2. The summed E-state index contributed by atoms with van der Waals surface area (Å²) in [5.41, 5.74) is 2.39. The standard InChI is InChI=1S/C14H18FNO2/c1-8-6-9(2)13(10(15)7-8)11-4-3-5-12(16-11)14(17)18/h6-7,11-12,16H,3-5H2,1-2H3,(H,17,18). The monoisotopic (exact) mass is 251 g/mol. The van der Waals surface area contributed by atoms with Gasteiger partial charge in [-0.1, -0.05) is 6.07 Å². The van der Waals surface area contributed by atoms with E-state index in [0.717, 1.165) is 24.0 Å². The Hall–Kier alpha value is -1.42. The first kappa shape index (κ1) is 13.0. The number of aliphatic carboxylic acids is 1. The molecule has 0 amide bonds. The van der Waals surface area contributed by atoms with Gasteiger partial charge in [-0.2, -0.15) is 0 Å². The average Bonchev–Trinajstić information content (AvgIpc) is 2.28. The molecule has 3 nitrogen and oxygen atoms in total. The number of carboxylic acid groups (broad SMARTS) is 1. The van der Waals surface area contributed by atoms with Crippen molar-refractivity contribution in [3.05, 3.63) is 34.6 Å². The van der Waals surface area contributed by atoms with Gasteiger partial charge in [0.1, 0.15) is 11.9 Å². The molecule has 1 aliphatic heterocycles. The average molecular weight is 251 g/mol. The van der Waals surface area contributed by atoms with E-state index in [2.05, 4.69) is 5.32 Å². The summed E-state index contributed by atoms with van der Waals surface area (Å²) in [4.78, 5) is 11.0. The van der Waals surface area contributed by atoms with Gasteiger partial charge in [0.25, 0.3) is 0 Å². The van der Waals surface area contributed by atoms with Crippen LogP contribution >= 0.6 is 0 Å². The minimum absolute atomic E-state index is 0.194. The molecule has 18 heavy (non-hydrogen) atoms. The largest absolute Gasteiger partial charge is 0.480 e. The summed E-state index contributed by atoms with van der Waals surface area (Å²) in [6, 6.07) is 2.68. The fourth-order valence-electron chi connectivity index (χ4n) is 2.73. The van der Waals surface area contributed by atoms with E-state index in [9.17, 15) is 9.18 Å². The number of benzene rings is 1. The smallest absolute Gasteiger partial charge is 0.320 e. The summed E-state index contributed by atoms with van der Waals surface area (Å²) in [7, 11) is 0. The predicted octanol–water partition coefficient (Wildman–Crippen LogP) is 2.71. The van der Waals surface area contributed by atoms with E-state index < -0.39 is 12.0 Å². The molecule has 0 bridgehead atoms. The summed E-state index contributed by atoms with van der Waals surface area (Å²) >= 11 is 0. The Morgan fingerprint density at radius 1 is 1.39 bits per heavy atom. The van der Waals surface area contributed by atoms with Crippen molar-refractivity contribution in [2.75, 3.05) is 0 Å². The number of hydrogen-bond acceptors (Lipinski definition) is 2. The van der Waals surface area contributed by atoms with Gasteiger partial charge in [-0.15, -0.1) is 0 Å². The predicted molar refractivity (Wildman–Crippen MR) is 67.0 cm³/mol. The molecule has 1 aromatic carbocycles. The van der Waals surface area contributed by atoms with Crippen LogP contribution in [0, 0.1) is 19.7 Å². The molecule has 1 fully saturated rings. The molecule has 1 aliphatic rings. The topological polar surface area (TPSA) is 49.3 Å². The molecule has 4 heteroatoms. The zero-order chi connectivity index (χ0) is 13.3. The maximum absolute atomic E-state index is 14.0. The highest BCUT2D eigenvalue weighted by Gasteiger charge is 2.29. The van der Waals surface area contributed by atoms with Gasteiger partial charge in [-0.3, -0.25) is 10.1 Å². The van der Waals surface area contributed by atoms with E-state index in [1.54, 1.807) is 0 Å². The summed E-state index contributed by atoms with van der Waals surface area (Å²) in [6.45, 7) is 3.73. The SMILES string of the molecule is Cc1cc(C)c(C2CCCC(C(=O)O)N2)c(F)c1. The maximum Gasteiger partial charge on any atom is 0.320 e. The van der Waals surface area contributed by atoms with Gasteiger partial charge in [-0.25, -0.2) is 4.39 Å². The van der Waals surface area contributed by atoms with Crippen molar-refractivity contribution in [2.45, 2.75) is 45.2 Å². The van der Waals surface area contributed by atoms with Crippen LogP contribution in [-0.2, 0) is 4.79 Å². The number of carbonyl (C=O) groups is 1. The van der Waals surface area contributed by atoms with Crippen molar-refractivity contribution in [1.82, 2.24) is 5.32 Å². The van der Waals surface area contributed by atoms with Crippen LogP contribution in [0.3, 0.4) is 0 Å². The molecule has 2 unspecified atom stereocenters. The van der Waals surface area contributed by atoms with Gasteiger partial charge < -0.3 is 5.11 Å². The second kappa shape index (κ2) is 5.06. The molecule has 0 aliphatic carbocycles. The van der Waals surface area contributed by atoms with Crippen LogP contribution < -0.4 is 5.32 Å². The van der Waals surface area contributed by atoms with E-state index in [1.807, 2.05) is 19.9 Å². The highest BCUT2D eigenvalue weighted by atomic mass is 19.1. The van der Waals surface area contributed by atoms with Gasteiger partial charge in [0, 0.05) is 11.6 Å². The molecule has 0 spiro atoms. The summed E-state index contributed by atoms with van der Waals surface area (Å²) in [5.74, 6) is -1.10. The number of halogens is 1. The van der Waals surface area contributed by atoms with Crippen LogP contribution in [0.5, 0.6) is 0 Å². The number of carboxylic acids is 1. The summed E-state index contributed by atoms with van der Waals surface area (Å²) in [6.07, 6.45) is 2.20. The minimum Gasteiger partial charge on any atom is -0.480 e. The zero-order valence-corrected chi connectivity index (χ0v) is 10.7. The first-order valence-corrected chi connectivity index (χ1v) is 6.24. The van der Waals surface area contributed by atoms with Crippen molar-refractivity contribution in [3.63, 3.8) is 0 Å². The van der Waals surface area contributed by atoms with Crippen LogP contribution in [0.25, 0.3) is 0 Å². The second-order valence-electron chi connectivity index (χ2n) is 5.02. The second-order valence-corrected chi connectivity index (χ2v) is 5.02. The lowest BCUT2D eigenvalue weighted by Crippen LogP contribution is -2.42. The highest BCUT2D eigenvalue weighted by molar-refractivity contribution is 5.73. The Balaban J connectivity index is 2.29. The lowest BCUT2D eigenvalue weighted by molar-refractivity contribution is -0.140. The third-order valence-electron chi connectivity index (χ3n) is 3.52. The van der Waals surface area contributed by atoms with E-state index >= 15 is 0 Å². The quantitative estimate of drug-likeness (QED) is 0.849. The van der Waals surface area contributed by atoms with Crippen LogP contribution in [-0.4, -0.2) is 17.1 Å². The minimum atomic E-state index is -0.857. The lowest BCUT2D eigenvalue weighted by atomic mass is 9.90. The fourth-order valence-corrected chi connectivity index (χ4v) is 2.73. The Bertz CT molecular complexity index is 450. The van der Waals surface area contributed by atoms with Gasteiger partial charge >= 0.3 is 5.97 Å². The molecule has 0 saturated carbocycles. The third-order valence-corrected chi connectivity index (χ3v) is 3.52. The van der Waals surface area contributed by atoms with Gasteiger partial charge in [0.05, 0.1) is 0 Å². The van der Waals surface area contributed by atoms with Crippen molar-refractivity contribution in [3.8, 4) is 0 Å². The zero-order valence-electron chi connectivity index (χ0n) is 10.7. The number of aryl methyl sites for hydroxylation is 2. The third kappa shape index (κ3) is 2.53. The fraction of sp³-hybridized carbons (Fsp3) is 0.500. The first-order valence-electron chi connectivity index (χ1n) is 6.24. The Kier molecular flexibility index (Phi) is 3.66. The van der Waals surface area contributed by atoms with Crippen LogP contribution in [0.4, 0.5) is 4.39 Å². The molecule has 0 radical (unpaired) electrons. The Morgan fingerprint density at radius 2 is 2.11 bits per heavy atom. The van der Waals surface area contributed by atoms with E-state index in [1.165, 1.54) is 6.07 Å². The van der Waals surface area contributed by atoms with Crippen LogP contribution in [0.15, 0.2) is 12.1 Å². The Labute approximate surface area is 106 Å². The molecule has 98 valence electrons. The molecule has 0 aromatic heterocycles. The van der Waals surface area contributed by atoms with Crippen LogP contribution in [0.2, 0.25) is 0 Å². The van der Waals surface area contributed by atoms with Crippen molar-refractivity contribution >= 4 is 5.97 Å². The normalized spacial score (nSPS) is 23.9. The lowest BCUT2D eigenvalue weighted by Gasteiger charge is -2.30. The van der Waals surface area contributed by atoms with E-state index in [0.29, 0.717) is 12.0 Å². The van der Waals surface area contributed by atoms with Gasteiger partial charge in [0.2, 0.25) is 0 Å². The molecule has 1 aromatic rings. The van der Waals surface area contributed by atoms with Crippen molar-refractivity contribution in [2.24, 2.45) is 0 Å². The number of rotatable bonds is 2. The summed E-state index contributed by atoms with van der Waals surface area (Å²) < 4.78 is 14.0. The number of piperidine rings is 1. The number of hydrogen-bond donors (Lipinski definition) is 2. The molecular weight excluding hydrogens is 233 g/mol. The maximum atomic E-state index is 14.0. The van der Waals surface area contributed by atoms with E-state index in [-0.39, 0.29) is 11.9 Å². The van der Waals surface area contributed by atoms with Crippen molar-refractivity contribution < 1.29 is 14.3 Å². The molecule has 2 rings (SSSR count). The van der Waals surface area contributed by atoms with Crippen molar-refractivity contribution in [1.29, 1.82) is 0 Å². The molecule has 1 saturated heterocycles. The first-order chi connectivity index (χ1) is 8.49. The Morgan fingerprint density at radius 3 is 2.72 bits per heavy atom. The van der Waals surface area contributed by atoms with E-state index in [4.69, 9.17) is 5.11 Å². The van der Waals surface area contributed by atoms with Gasteiger partial charge in [-0.05, 0) is 50.3 Å². The summed E-state index contributed by atoms with van der Waals surface area (Å²) in [5, 5.41) is 12.1. The number of nitrogens with one attached hydrogen (secondary N) is 1. The molecule has 1 heterocycles.